The zero-order chi connectivity index (χ0) is 23.5. The third-order valence-electron chi connectivity index (χ3n) is 5.27. The van der Waals surface area contributed by atoms with Crippen LogP contribution in [-0.2, 0) is 16.6 Å². The molecule has 0 aliphatic heterocycles. The van der Waals surface area contributed by atoms with E-state index in [-0.39, 0.29) is 22.6 Å². The Labute approximate surface area is 189 Å². The number of amides is 1. The zero-order valence-corrected chi connectivity index (χ0v) is 18.4. The molecule has 0 bridgehead atoms. The number of para-hydroxylation sites is 1. The van der Waals surface area contributed by atoms with E-state index in [9.17, 15) is 14.4 Å². The lowest BCUT2D eigenvalue weighted by Gasteiger charge is -2.07. The van der Waals surface area contributed by atoms with Crippen LogP contribution in [0.1, 0.15) is 21.8 Å². The minimum Gasteiger partial charge on any atom is -0.452 e. The molecule has 4 rings (SSSR count). The highest BCUT2D eigenvalue weighted by Crippen LogP contribution is 2.25. The van der Waals surface area contributed by atoms with Gasteiger partial charge in [-0.3, -0.25) is 14.3 Å². The van der Waals surface area contributed by atoms with Gasteiger partial charge in [0, 0.05) is 12.6 Å². The van der Waals surface area contributed by atoms with E-state index < -0.39 is 18.5 Å². The molecule has 4 aromatic rings. The van der Waals surface area contributed by atoms with E-state index in [4.69, 9.17) is 9.26 Å². The van der Waals surface area contributed by atoms with Gasteiger partial charge in [-0.2, -0.15) is 0 Å². The molecule has 0 saturated heterocycles. The molecule has 0 aliphatic carbocycles. The smallest absolute Gasteiger partial charge is 0.344 e. The van der Waals surface area contributed by atoms with Gasteiger partial charge in [-0.25, -0.2) is 9.48 Å². The number of carbonyl (C=O) groups excluding carboxylic acids is 2. The number of nitrogens with one attached hydrogen (secondary N) is 1. The second-order valence-corrected chi connectivity index (χ2v) is 7.39. The fourth-order valence-corrected chi connectivity index (χ4v) is 3.50. The summed E-state index contributed by atoms with van der Waals surface area (Å²) in [5.41, 5.74) is 2.13. The normalized spacial score (nSPS) is 10.8. The number of benzene rings is 2. The molecule has 9 heteroatoms. The average Bonchev–Trinajstić information content (AvgIpc) is 3.31. The molecule has 9 nitrogen and oxygen atoms in total. The summed E-state index contributed by atoms with van der Waals surface area (Å²) in [5.74, 6) is -1.09. The molecule has 0 unspecified atom stereocenters. The number of carbonyl (C=O) groups is 2. The molecular weight excluding hydrogens is 424 g/mol. The molecule has 2 aromatic heterocycles. The highest BCUT2D eigenvalue weighted by atomic mass is 16.5. The fraction of sp³-hybridized carbons (Fsp3) is 0.167. The summed E-state index contributed by atoms with van der Waals surface area (Å²) >= 11 is 0. The Bertz CT molecular complexity index is 1370. The zero-order valence-electron chi connectivity index (χ0n) is 18.4. The van der Waals surface area contributed by atoms with Crippen molar-refractivity contribution >= 4 is 17.6 Å². The van der Waals surface area contributed by atoms with Crippen LogP contribution in [0.3, 0.4) is 0 Å². The fourth-order valence-electron chi connectivity index (χ4n) is 3.50. The highest BCUT2D eigenvalue weighted by Gasteiger charge is 2.24. The van der Waals surface area contributed by atoms with E-state index >= 15 is 0 Å². The summed E-state index contributed by atoms with van der Waals surface area (Å²) in [5, 5.41) is 6.50. The number of esters is 1. The van der Waals surface area contributed by atoms with Gasteiger partial charge in [0.15, 0.2) is 6.61 Å². The van der Waals surface area contributed by atoms with E-state index in [0.717, 1.165) is 0 Å². The van der Waals surface area contributed by atoms with Gasteiger partial charge in [0.2, 0.25) is 0 Å². The van der Waals surface area contributed by atoms with Crippen molar-refractivity contribution in [3.8, 4) is 16.9 Å². The summed E-state index contributed by atoms with van der Waals surface area (Å²) in [6.45, 7) is 2.74. The van der Waals surface area contributed by atoms with Gasteiger partial charge in [-0.05, 0) is 26.0 Å². The average molecular weight is 446 g/mol. The van der Waals surface area contributed by atoms with Crippen LogP contribution in [0, 0.1) is 13.8 Å². The van der Waals surface area contributed by atoms with Crippen LogP contribution in [0.4, 0.5) is 5.69 Å². The number of ether oxygens (including phenoxy) is 1. The van der Waals surface area contributed by atoms with E-state index in [2.05, 4.69) is 10.5 Å². The van der Waals surface area contributed by atoms with Crippen molar-refractivity contribution in [1.82, 2.24) is 14.5 Å². The number of rotatable bonds is 6. The first-order chi connectivity index (χ1) is 15.9. The Hall–Kier alpha value is -4.40. The van der Waals surface area contributed by atoms with Crippen LogP contribution < -0.4 is 10.9 Å². The highest BCUT2D eigenvalue weighted by molar-refractivity contribution is 5.99. The Kier molecular flexibility index (Phi) is 5.95. The predicted octanol–water partition coefficient (Wildman–Crippen LogP) is 3.24. The molecule has 0 atom stereocenters. The maximum Gasteiger partial charge on any atom is 0.344 e. The number of hydrogen-bond donors (Lipinski definition) is 1. The maximum absolute atomic E-state index is 12.9. The summed E-state index contributed by atoms with van der Waals surface area (Å²) < 4.78 is 13.5. The molecule has 1 amide bonds. The number of hydrogen-bond acceptors (Lipinski definition) is 6. The minimum absolute atomic E-state index is 0.119. The first kappa shape index (κ1) is 21.8. The van der Waals surface area contributed by atoms with Crippen LogP contribution in [0.5, 0.6) is 0 Å². The number of aryl methyl sites for hydroxylation is 1. The van der Waals surface area contributed by atoms with Crippen LogP contribution in [0.25, 0.3) is 16.9 Å². The standard InChI is InChI=1S/C24H22N4O5/c1-15-21(23(30)28(27(15)3)18-12-8-5-9-13-18)25-19(29)14-32-24(31)20-16(2)33-26-22(20)17-10-6-4-7-11-17/h4-13H,14H2,1-3H3,(H,25,29). The summed E-state index contributed by atoms with van der Waals surface area (Å²) in [6.07, 6.45) is 0. The number of anilines is 1. The van der Waals surface area contributed by atoms with Crippen LogP contribution in [0.2, 0.25) is 0 Å². The molecule has 168 valence electrons. The van der Waals surface area contributed by atoms with Gasteiger partial charge < -0.3 is 14.6 Å². The van der Waals surface area contributed by atoms with Crippen LogP contribution in [-0.4, -0.2) is 33.0 Å². The lowest BCUT2D eigenvalue weighted by Crippen LogP contribution is -2.26. The molecule has 0 radical (unpaired) electrons. The van der Waals surface area contributed by atoms with E-state index in [1.54, 1.807) is 49.8 Å². The Morgan fingerprint density at radius 1 is 1.03 bits per heavy atom. The third-order valence-corrected chi connectivity index (χ3v) is 5.27. The number of aromatic nitrogens is 3. The predicted molar refractivity (Wildman–Crippen MR) is 121 cm³/mol. The van der Waals surface area contributed by atoms with Gasteiger partial charge in [-0.1, -0.05) is 53.7 Å². The lowest BCUT2D eigenvalue weighted by molar-refractivity contribution is -0.119. The SMILES string of the molecule is Cc1onc(-c2ccccc2)c1C(=O)OCC(=O)Nc1c(C)n(C)n(-c2ccccc2)c1=O. The van der Waals surface area contributed by atoms with Gasteiger partial charge in [0.05, 0.1) is 11.4 Å². The van der Waals surface area contributed by atoms with Crippen LogP contribution in [0.15, 0.2) is 70.0 Å². The first-order valence-electron chi connectivity index (χ1n) is 10.2. The van der Waals surface area contributed by atoms with Crippen molar-refractivity contribution in [2.45, 2.75) is 13.8 Å². The van der Waals surface area contributed by atoms with Gasteiger partial charge in [0.25, 0.3) is 11.5 Å². The molecular formula is C24H22N4O5. The minimum atomic E-state index is -0.741. The Morgan fingerprint density at radius 2 is 1.67 bits per heavy atom. The van der Waals surface area contributed by atoms with Crippen LogP contribution >= 0.6 is 0 Å². The molecule has 2 aromatic carbocycles. The van der Waals surface area contributed by atoms with Crippen molar-refractivity contribution < 1.29 is 18.8 Å². The van der Waals surface area contributed by atoms with E-state index in [0.29, 0.717) is 22.6 Å². The van der Waals surface area contributed by atoms with Gasteiger partial charge in [0.1, 0.15) is 22.7 Å². The Morgan fingerprint density at radius 3 is 2.33 bits per heavy atom. The molecule has 33 heavy (non-hydrogen) atoms. The maximum atomic E-state index is 12.9. The molecule has 0 aliphatic rings. The van der Waals surface area contributed by atoms with E-state index in [1.807, 2.05) is 36.4 Å². The molecule has 0 spiro atoms. The lowest BCUT2D eigenvalue weighted by atomic mass is 10.1. The van der Waals surface area contributed by atoms with E-state index in [1.165, 1.54) is 4.68 Å². The van der Waals surface area contributed by atoms with Crippen molar-refractivity contribution in [2.75, 3.05) is 11.9 Å². The quantitative estimate of drug-likeness (QED) is 0.456. The third kappa shape index (κ3) is 4.20. The second-order valence-electron chi connectivity index (χ2n) is 7.39. The van der Waals surface area contributed by atoms with Crippen molar-refractivity contribution in [2.24, 2.45) is 7.05 Å². The largest absolute Gasteiger partial charge is 0.452 e. The van der Waals surface area contributed by atoms with Crippen molar-refractivity contribution in [3.63, 3.8) is 0 Å². The summed E-state index contributed by atoms with van der Waals surface area (Å²) in [7, 11) is 1.72. The molecule has 2 heterocycles. The topological polar surface area (TPSA) is 108 Å². The van der Waals surface area contributed by atoms with Crippen molar-refractivity contribution in [3.05, 3.63) is 88.0 Å². The Balaban J connectivity index is 1.49. The first-order valence-corrected chi connectivity index (χ1v) is 10.2. The number of nitrogens with zero attached hydrogens (tertiary/aromatic N) is 3. The molecule has 0 saturated carbocycles. The molecule has 1 N–H and O–H groups in total. The second kappa shape index (κ2) is 8.99. The molecule has 0 fully saturated rings. The van der Waals surface area contributed by atoms with Crippen molar-refractivity contribution in [1.29, 1.82) is 0 Å². The monoisotopic (exact) mass is 446 g/mol. The van der Waals surface area contributed by atoms with Gasteiger partial charge >= 0.3 is 5.97 Å². The van der Waals surface area contributed by atoms with Gasteiger partial charge in [-0.15, -0.1) is 0 Å². The summed E-state index contributed by atoms with van der Waals surface area (Å²) in [6, 6.07) is 18.1. The summed E-state index contributed by atoms with van der Waals surface area (Å²) in [4.78, 5) is 38.1.